The molecule has 2 aromatic rings. The number of rotatable bonds is 4. The van der Waals surface area contributed by atoms with Crippen LogP contribution in [-0.4, -0.2) is 38.9 Å². The maximum atomic E-state index is 12.1. The highest BCUT2D eigenvalue weighted by Crippen LogP contribution is 2.15. The highest BCUT2D eigenvalue weighted by molar-refractivity contribution is 6.30. The standard InChI is InChI=1S/C14H17ClN6O2/c1-23-8-12-19-13-3-2-10(7-21(13)20-12)17-14(22)18-11-4-9(15)5-16-6-11/h4-6,10H,2-3,7-8H2,1H3,(H2,17,18,22). The second kappa shape index (κ2) is 6.93. The predicted molar refractivity (Wildman–Crippen MR) is 84.2 cm³/mol. The first-order chi connectivity index (χ1) is 11.1. The molecular weight excluding hydrogens is 320 g/mol. The van der Waals surface area contributed by atoms with Gasteiger partial charge in [0.25, 0.3) is 0 Å². The van der Waals surface area contributed by atoms with Gasteiger partial charge in [0.1, 0.15) is 12.4 Å². The molecule has 2 amide bonds. The molecule has 122 valence electrons. The highest BCUT2D eigenvalue weighted by atomic mass is 35.5. The molecule has 1 unspecified atom stereocenters. The van der Waals surface area contributed by atoms with Crippen LogP contribution in [0.25, 0.3) is 0 Å². The lowest BCUT2D eigenvalue weighted by molar-refractivity contribution is 0.177. The minimum absolute atomic E-state index is 0.00765. The van der Waals surface area contributed by atoms with Crippen molar-refractivity contribution in [3.8, 4) is 0 Å². The molecule has 23 heavy (non-hydrogen) atoms. The zero-order valence-electron chi connectivity index (χ0n) is 12.6. The Kier molecular flexibility index (Phi) is 4.73. The van der Waals surface area contributed by atoms with Gasteiger partial charge in [0, 0.05) is 19.7 Å². The molecular formula is C14H17ClN6O2. The van der Waals surface area contributed by atoms with Crippen LogP contribution in [0.4, 0.5) is 10.5 Å². The molecule has 0 aromatic carbocycles. The molecule has 0 radical (unpaired) electrons. The van der Waals surface area contributed by atoms with E-state index in [1.807, 2.05) is 4.68 Å². The van der Waals surface area contributed by atoms with E-state index in [4.69, 9.17) is 16.3 Å². The maximum Gasteiger partial charge on any atom is 0.319 e. The van der Waals surface area contributed by atoms with E-state index in [2.05, 4.69) is 25.7 Å². The van der Waals surface area contributed by atoms with Gasteiger partial charge in [-0.2, -0.15) is 5.10 Å². The van der Waals surface area contributed by atoms with E-state index in [-0.39, 0.29) is 12.1 Å². The Balaban J connectivity index is 1.57. The van der Waals surface area contributed by atoms with Crippen molar-refractivity contribution >= 4 is 23.3 Å². The van der Waals surface area contributed by atoms with E-state index in [9.17, 15) is 4.79 Å². The molecule has 8 nitrogen and oxygen atoms in total. The molecule has 0 bridgehead atoms. The normalized spacial score (nSPS) is 16.7. The molecule has 0 aliphatic carbocycles. The van der Waals surface area contributed by atoms with Gasteiger partial charge in [-0.05, 0) is 12.5 Å². The summed E-state index contributed by atoms with van der Waals surface area (Å²) in [5, 5.41) is 10.5. The number of aromatic nitrogens is 4. The number of hydrogen-bond donors (Lipinski definition) is 2. The molecule has 9 heteroatoms. The molecule has 0 saturated heterocycles. The Morgan fingerprint density at radius 2 is 2.39 bits per heavy atom. The third-order valence-corrected chi connectivity index (χ3v) is 3.68. The number of anilines is 1. The molecule has 3 rings (SSSR count). The van der Waals surface area contributed by atoms with E-state index in [0.717, 1.165) is 18.7 Å². The molecule has 2 N–H and O–H groups in total. The minimum Gasteiger partial charge on any atom is -0.377 e. The van der Waals surface area contributed by atoms with E-state index in [1.54, 1.807) is 19.4 Å². The van der Waals surface area contributed by atoms with E-state index in [1.165, 1.54) is 6.20 Å². The smallest absolute Gasteiger partial charge is 0.319 e. The van der Waals surface area contributed by atoms with Crippen LogP contribution in [0.2, 0.25) is 5.02 Å². The molecule has 2 aromatic heterocycles. The second-order valence-electron chi connectivity index (χ2n) is 5.29. The number of amides is 2. The molecule has 3 heterocycles. The van der Waals surface area contributed by atoms with Crippen LogP contribution in [0.5, 0.6) is 0 Å². The van der Waals surface area contributed by atoms with Gasteiger partial charge in [-0.25, -0.2) is 14.5 Å². The lowest BCUT2D eigenvalue weighted by Crippen LogP contribution is -2.43. The average Bonchev–Trinajstić information content (AvgIpc) is 2.89. The number of urea groups is 1. The van der Waals surface area contributed by atoms with Crippen LogP contribution in [0.1, 0.15) is 18.1 Å². The number of halogens is 1. The lowest BCUT2D eigenvalue weighted by Gasteiger charge is -2.23. The Labute approximate surface area is 138 Å². The van der Waals surface area contributed by atoms with Crippen LogP contribution in [0.15, 0.2) is 18.5 Å². The predicted octanol–water partition coefficient (Wildman–Crippen LogP) is 1.61. The van der Waals surface area contributed by atoms with Gasteiger partial charge < -0.3 is 15.4 Å². The summed E-state index contributed by atoms with van der Waals surface area (Å²) in [5.41, 5.74) is 0.551. The number of nitrogens with zero attached hydrogens (tertiary/aromatic N) is 4. The first-order valence-corrected chi connectivity index (χ1v) is 7.61. The molecule has 1 atom stereocenters. The van der Waals surface area contributed by atoms with Crippen LogP contribution in [0, 0.1) is 0 Å². The first kappa shape index (κ1) is 15.7. The van der Waals surface area contributed by atoms with Gasteiger partial charge in [0.2, 0.25) is 0 Å². The lowest BCUT2D eigenvalue weighted by atomic mass is 10.1. The topological polar surface area (TPSA) is 94.0 Å². The summed E-state index contributed by atoms with van der Waals surface area (Å²) in [4.78, 5) is 20.4. The average molecular weight is 337 g/mol. The van der Waals surface area contributed by atoms with Gasteiger partial charge in [-0.3, -0.25) is 4.98 Å². The van der Waals surface area contributed by atoms with E-state index in [0.29, 0.717) is 29.7 Å². The second-order valence-corrected chi connectivity index (χ2v) is 5.72. The van der Waals surface area contributed by atoms with Crippen molar-refractivity contribution in [3.05, 3.63) is 35.1 Å². The van der Waals surface area contributed by atoms with Crippen molar-refractivity contribution in [2.24, 2.45) is 0 Å². The number of carbonyl (C=O) groups excluding carboxylic acids is 1. The molecule has 1 aliphatic rings. The number of fused-ring (bicyclic) bond motifs is 1. The Bertz CT molecular complexity index is 704. The Hall–Kier alpha value is -2.19. The quantitative estimate of drug-likeness (QED) is 0.884. The zero-order chi connectivity index (χ0) is 16.2. The monoisotopic (exact) mass is 336 g/mol. The number of aryl methyl sites for hydroxylation is 1. The number of nitrogens with one attached hydrogen (secondary N) is 2. The molecule has 1 aliphatic heterocycles. The number of hydrogen-bond acceptors (Lipinski definition) is 5. The molecule has 0 saturated carbocycles. The highest BCUT2D eigenvalue weighted by Gasteiger charge is 2.23. The van der Waals surface area contributed by atoms with Crippen molar-refractivity contribution in [1.82, 2.24) is 25.1 Å². The molecule has 0 fully saturated rings. The van der Waals surface area contributed by atoms with Gasteiger partial charge in [-0.15, -0.1) is 0 Å². The summed E-state index contributed by atoms with van der Waals surface area (Å²) >= 11 is 5.84. The number of carbonyl (C=O) groups is 1. The maximum absolute atomic E-state index is 12.1. The third kappa shape index (κ3) is 3.96. The SMILES string of the molecule is COCc1nc2n(n1)CC(NC(=O)Nc1cncc(Cl)c1)CC2. The fraction of sp³-hybridized carbons (Fsp3) is 0.429. The Morgan fingerprint density at radius 1 is 1.52 bits per heavy atom. The van der Waals surface area contributed by atoms with Crippen LogP contribution >= 0.6 is 11.6 Å². The van der Waals surface area contributed by atoms with E-state index >= 15 is 0 Å². The Morgan fingerprint density at radius 3 is 3.17 bits per heavy atom. The number of pyridine rings is 1. The summed E-state index contributed by atoms with van der Waals surface area (Å²) in [6, 6.07) is 1.34. The van der Waals surface area contributed by atoms with Crippen LogP contribution in [0.3, 0.4) is 0 Å². The fourth-order valence-corrected chi connectivity index (χ4v) is 2.68. The largest absolute Gasteiger partial charge is 0.377 e. The van der Waals surface area contributed by atoms with Crippen LogP contribution < -0.4 is 10.6 Å². The summed E-state index contributed by atoms with van der Waals surface area (Å²) in [6.45, 7) is 0.980. The zero-order valence-corrected chi connectivity index (χ0v) is 13.4. The van der Waals surface area contributed by atoms with Crippen molar-refractivity contribution in [2.75, 3.05) is 12.4 Å². The van der Waals surface area contributed by atoms with Crippen molar-refractivity contribution in [2.45, 2.75) is 32.0 Å². The number of ether oxygens (including phenoxy) is 1. The van der Waals surface area contributed by atoms with Crippen molar-refractivity contribution in [1.29, 1.82) is 0 Å². The van der Waals surface area contributed by atoms with Crippen LogP contribution in [-0.2, 0) is 24.3 Å². The first-order valence-electron chi connectivity index (χ1n) is 7.23. The molecule has 0 spiro atoms. The van der Waals surface area contributed by atoms with Crippen molar-refractivity contribution < 1.29 is 9.53 Å². The van der Waals surface area contributed by atoms with Gasteiger partial charge in [-0.1, -0.05) is 11.6 Å². The third-order valence-electron chi connectivity index (χ3n) is 3.47. The number of methoxy groups -OCH3 is 1. The summed E-state index contributed by atoms with van der Waals surface area (Å²) in [7, 11) is 1.61. The van der Waals surface area contributed by atoms with Crippen molar-refractivity contribution in [3.63, 3.8) is 0 Å². The van der Waals surface area contributed by atoms with Gasteiger partial charge >= 0.3 is 6.03 Å². The summed E-state index contributed by atoms with van der Waals surface area (Å²) in [6.07, 6.45) is 4.63. The van der Waals surface area contributed by atoms with E-state index < -0.39 is 0 Å². The van der Waals surface area contributed by atoms with Gasteiger partial charge in [0.15, 0.2) is 5.82 Å². The minimum atomic E-state index is -0.292. The van der Waals surface area contributed by atoms with Gasteiger partial charge in [0.05, 0.1) is 29.5 Å². The summed E-state index contributed by atoms with van der Waals surface area (Å²) < 4.78 is 6.86. The fourth-order valence-electron chi connectivity index (χ4n) is 2.50. The summed E-state index contributed by atoms with van der Waals surface area (Å²) in [5.74, 6) is 1.59.